The first-order valence-corrected chi connectivity index (χ1v) is 11.2. The van der Waals surface area contributed by atoms with Crippen molar-refractivity contribution in [1.82, 2.24) is 25.1 Å². The van der Waals surface area contributed by atoms with Gasteiger partial charge in [-0.1, -0.05) is 0 Å². The van der Waals surface area contributed by atoms with E-state index in [0.717, 1.165) is 40.9 Å². The maximum atomic E-state index is 13.8. The summed E-state index contributed by atoms with van der Waals surface area (Å²) < 4.78 is 39.0. The van der Waals surface area contributed by atoms with Gasteiger partial charge in [0, 0.05) is 28.9 Å². The zero-order valence-electron chi connectivity index (χ0n) is 18.9. The highest BCUT2D eigenvalue weighted by Gasteiger charge is 2.32. The molecule has 35 heavy (non-hydrogen) atoms. The number of fused-ring (bicyclic) bond motifs is 2. The van der Waals surface area contributed by atoms with Crippen molar-refractivity contribution in [3.8, 4) is 0 Å². The van der Waals surface area contributed by atoms with Crippen molar-refractivity contribution in [3.63, 3.8) is 0 Å². The summed E-state index contributed by atoms with van der Waals surface area (Å²) in [6.45, 7) is 1.94. The van der Waals surface area contributed by atoms with Crippen molar-refractivity contribution >= 4 is 22.6 Å². The van der Waals surface area contributed by atoms with Crippen molar-refractivity contribution in [1.29, 1.82) is 0 Å². The molecule has 1 unspecified atom stereocenters. The van der Waals surface area contributed by atoms with Crippen LogP contribution in [-0.4, -0.2) is 37.0 Å². The predicted octanol–water partition coefficient (Wildman–Crippen LogP) is 4.46. The number of benzene rings is 1. The van der Waals surface area contributed by atoms with Crippen molar-refractivity contribution in [3.05, 3.63) is 82.4 Å². The van der Waals surface area contributed by atoms with Crippen LogP contribution in [0.15, 0.2) is 48.8 Å². The molecule has 4 aromatic rings. The second-order valence-corrected chi connectivity index (χ2v) is 8.84. The Kier molecular flexibility index (Phi) is 5.66. The van der Waals surface area contributed by atoms with Gasteiger partial charge in [-0.25, -0.2) is 4.98 Å². The number of H-pyrrole nitrogens is 1. The number of aromatic amines is 1. The first kappa shape index (κ1) is 22.8. The molecule has 10 heteroatoms. The van der Waals surface area contributed by atoms with Gasteiger partial charge in [-0.3, -0.25) is 14.9 Å². The van der Waals surface area contributed by atoms with Crippen LogP contribution in [0, 0.1) is 6.92 Å². The third-order valence-corrected chi connectivity index (χ3v) is 6.47. The number of hydrogen-bond donors (Lipinski definition) is 2. The second kappa shape index (κ2) is 8.68. The largest absolute Gasteiger partial charge is 0.417 e. The van der Waals surface area contributed by atoms with E-state index in [9.17, 15) is 18.0 Å². The number of nitrogens with one attached hydrogen (secondary N) is 1. The van der Waals surface area contributed by atoms with Crippen LogP contribution in [0.3, 0.4) is 0 Å². The monoisotopic (exact) mass is 480 g/mol. The lowest BCUT2D eigenvalue weighted by molar-refractivity contribution is -0.137. The minimum absolute atomic E-state index is 0.0892. The van der Waals surface area contributed by atoms with E-state index in [0.29, 0.717) is 35.4 Å². The molecule has 3 heterocycles. The Hall–Kier alpha value is -3.95. The van der Waals surface area contributed by atoms with E-state index in [1.165, 1.54) is 6.07 Å². The highest BCUT2D eigenvalue weighted by molar-refractivity contribution is 5.98. The van der Waals surface area contributed by atoms with Crippen LogP contribution in [0.5, 0.6) is 0 Å². The summed E-state index contributed by atoms with van der Waals surface area (Å²) >= 11 is 0. The van der Waals surface area contributed by atoms with Gasteiger partial charge in [0.25, 0.3) is 5.91 Å². The van der Waals surface area contributed by atoms with Gasteiger partial charge in [0.15, 0.2) is 0 Å². The van der Waals surface area contributed by atoms with E-state index in [1.807, 2.05) is 13.0 Å². The quantitative estimate of drug-likeness (QED) is 0.449. The van der Waals surface area contributed by atoms with Crippen molar-refractivity contribution in [2.24, 2.45) is 0 Å². The molecule has 0 fully saturated rings. The Morgan fingerprint density at radius 1 is 1.20 bits per heavy atom. The Morgan fingerprint density at radius 3 is 2.77 bits per heavy atom. The number of nitrogens with zero attached hydrogens (tertiary/aromatic N) is 4. The highest BCUT2D eigenvalue weighted by Crippen LogP contribution is 2.30. The standard InChI is InChI=1S/C25H23F3N6O/c1-14-8-16-9-15(2-6-21(16)32-23(14)29)24(35)34(20-5-7-22-17(10-20)11-31-33-22)13-19-4-3-18(12-30-19)25(26,27)28/h2-4,6,8-9,11-12,20H,5,7,10,13H2,1H3,(H2,29,32)(H,31,33). The van der Waals surface area contributed by atoms with Crippen LogP contribution in [0.1, 0.15) is 44.9 Å². The number of amides is 1. The molecule has 0 saturated heterocycles. The summed E-state index contributed by atoms with van der Waals surface area (Å²) in [7, 11) is 0. The lowest BCUT2D eigenvalue weighted by atomic mass is 9.91. The Labute approximate surface area is 199 Å². The average Bonchev–Trinajstić information content (AvgIpc) is 3.30. The van der Waals surface area contributed by atoms with E-state index in [2.05, 4.69) is 20.2 Å². The van der Waals surface area contributed by atoms with Gasteiger partial charge in [-0.2, -0.15) is 18.3 Å². The fourth-order valence-electron chi connectivity index (χ4n) is 4.49. The number of hydrogen-bond acceptors (Lipinski definition) is 5. The van der Waals surface area contributed by atoms with Gasteiger partial charge < -0.3 is 10.6 Å². The molecule has 7 nitrogen and oxygen atoms in total. The van der Waals surface area contributed by atoms with E-state index in [4.69, 9.17) is 5.73 Å². The number of carbonyl (C=O) groups is 1. The third-order valence-electron chi connectivity index (χ3n) is 6.47. The van der Waals surface area contributed by atoms with Crippen LogP contribution in [0.25, 0.3) is 10.9 Å². The molecule has 0 aliphatic heterocycles. The zero-order valence-corrected chi connectivity index (χ0v) is 18.9. The van der Waals surface area contributed by atoms with Gasteiger partial charge in [-0.05, 0) is 73.7 Å². The van der Waals surface area contributed by atoms with Crippen LogP contribution in [-0.2, 0) is 25.6 Å². The molecule has 0 saturated carbocycles. The van der Waals surface area contributed by atoms with E-state index in [-0.39, 0.29) is 18.5 Å². The fourth-order valence-corrected chi connectivity index (χ4v) is 4.49. The van der Waals surface area contributed by atoms with E-state index < -0.39 is 11.7 Å². The number of nitrogen functional groups attached to an aromatic ring is 1. The lowest BCUT2D eigenvalue weighted by Crippen LogP contribution is -2.43. The summed E-state index contributed by atoms with van der Waals surface area (Å²) in [5.41, 5.74) is 9.52. The number of anilines is 1. The SMILES string of the molecule is Cc1cc2cc(C(=O)N(Cc3ccc(C(F)(F)F)cn3)C3CCc4[nH]ncc4C3)ccc2nc1N. The summed E-state index contributed by atoms with van der Waals surface area (Å²) in [5, 5.41) is 7.88. The molecule has 1 amide bonds. The molecular weight excluding hydrogens is 457 g/mol. The predicted molar refractivity (Wildman–Crippen MR) is 124 cm³/mol. The van der Waals surface area contributed by atoms with E-state index >= 15 is 0 Å². The minimum atomic E-state index is -4.47. The van der Waals surface area contributed by atoms with Crippen LogP contribution >= 0.6 is 0 Å². The number of aromatic nitrogens is 4. The van der Waals surface area contributed by atoms with Gasteiger partial charge in [-0.15, -0.1) is 0 Å². The van der Waals surface area contributed by atoms with Crippen LogP contribution in [0.4, 0.5) is 19.0 Å². The average molecular weight is 480 g/mol. The van der Waals surface area contributed by atoms with Crippen LogP contribution in [0.2, 0.25) is 0 Å². The van der Waals surface area contributed by atoms with E-state index in [1.54, 1.807) is 29.3 Å². The van der Waals surface area contributed by atoms with Crippen molar-refractivity contribution in [2.75, 3.05) is 5.73 Å². The number of halogens is 3. The normalized spacial score (nSPS) is 15.7. The minimum Gasteiger partial charge on any atom is -0.383 e. The summed E-state index contributed by atoms with van der Waals surface area (Å²) in [4.78, 5) is 23.8. The Balaban J connectivity index is 1.48. The van der Waals surface area contributed by atoms with Crippen LogP contribution < -0.4 is 5.73 Å². The van der Waals surface area contributed by atoms with Gasteiger partial charge >= 0.3 is 6.18 Å². The topological polar surface area (TPSA) is 101 Å². The molecule has 1 aliphatic rings. The number of aryl methyl sites for hydroxylation is 2. The fraction of sp³-hybridized carbons (Fsp3) is 0.280. The molecule has 0 spiro atoms. The molecule has 0 bridgehead atoms. The Morgan fingerprint density at radius 2 is 2.03 bits per heavy atom. The summed E-state index contributed by atoms with van der Waals surface area (Å²) in [5.74, 6) is 0.213. The van der Waals surface area contributed by atoms with Crippen molar-refractivity contribution < 1.29 is 18.0 Å². The van der Waals surface area contributed by atoms with Gasteiger partial charge in [0.1, 0.15) is 5.82 Å². The zero-order chi connectivity index (χ0) is 24.7. The Bertz CT molecular complexity index is 1400. The molecular formula is C25H23F3N6O. The molecule has 180 valence electrons. The summed E-state index contributed by atoms with van der Waals surface area (Å²) in [6.07, 6.45) is 0.125. The maximum Gasteiger partial charge on any atom is 0.417 e. The number of nitrogens with two attached hydrogens (primary N) is 1. The highest BCUT2D eigenvalue weighted by atomic mass is 19.4. The first-order chi connectivity index (χ1) is 16.7. The third kappa shape index (κ3) is 4.55. The molecule has 1 aromatic carbocycles. The molecule has 3 aromatic heterocycles. The molecule has 1 aliphatic carbocycles. The molecule has 5 rings (SSSR count). The maximum absolute atomic E-state index is 13.8. The number of rotatable bonds is 4. The van der Waals surface area contributed by atoms with Crippen molar-refractivity contribution in [2.45, 2.75) is 44.9 Å². The van der Waals surface area contributed by atoms with Gasteiger partial charge in [0.05, 0.1) is 29.5 Å². The molecule has 3 N–H and O–H groups in total. The molecule has 1 atom stereocenters. The first-order valence-electron chi connectivity index (χ1n) is 11.2. The number of alkyl halides is 3. The van der Waals surface area contributed by atoms with Gasteiger partial charge in [0.2, 0.25) is 0 Å². The lowest BCUT2D eigenvalue weighted by Gasteiger charge is -2.34. The summed E-state index contributed by atoms with van der Waals surface area (Å²) in [6, 6.07) is 9.28. The molecule has 0 radical (unpaired) electrons. The number of pyridine rings is 2. The second-order valence-electron chi connectivity index (χ2n) is 8.84. The smallest absolute Gasteiger partial charge is 0.383 e. The number of carbonyl (C=O) groups excluding carboxylic acids is 1.